The molecule has 2 N–H and O–H groups in total. The standard InChI is InChI=1S/C16H23FN2O/c1-19(12-9-13-5-7-14(17)8-6-13)15(20)16(18)10-3-2-4-11-16/h5-8H,2-4,9-12,18H2,1H3. The molecular formula is C16H23FN2O. The van der Waals surface area contributed by atoms with E-state index in [9.17, 15) is 9.18 Å². The largest absolute Gasteiger partial charge is 0.344 e. The molecule has 0 aliphatic heterocycles. The van der Waals surface area contributed by atoms with Gasteiger partial charge in [-0.05, 0) is 37.0 Å². The molecule has 0 atom stereocenters. The Morgan fingerprint density at radius 1 is 1.25 bits per heavy atom. The molecule has 1 amide bonds. The molecule has 1 aromatic rings. The van der Waals surface area contributed by atoms with Gasteiger partial charge in [-0.1, -0.05) is 31.4 Å². The van der Waals surface area contributed by atoms with Gasteiger partial charge in [-0.3, -0.25) is 4.79 Å². The van der Waals surface area contributed by atoms with Gasteiger partial charge < -0.3 is 10.6 Å². The number of nitrogens with zero attached hydrogens (tertiary/aromatic N) is 1. The third-order valence-electron chi connectivity index (χ3n) is 4.17. The summed E-state index contributed by atoms with van der Waals surface area (Å²) in [6.45, 7) is 0.614. The molecule has 1 fully saturated rings. The van der Waals surface area contributed by atoms with Crippen molar-refractivity contribution in [3.63, 3.8) is 0 Å². The Morgan fingerprint density at radius 2 is 1.85 bits per heavy atom. The summed E-state index contributed by atoms with van der Waals surface area (Å²) in [5, 5.41) is 0. The highest BCUT2D eigenvalue weighted by Crippen LogP contribution is 2.27. The van der Waals surface area contributed by atoms with Gasteiger partial charge in [0, 0.05) is 13.6 Å². The summed E-state index contributed by atoms with van der Waals surface area (Å²) >= 11 is 0. The second-order valence-electron chi connectivity index (χ2n) is 5.82. The second-order valence-corrected chi connectivity index (χ2v) is 5.82. The van der Waals surface area contributed by atoms with E-state index in [1.54, 1.807) is 24.1 Å². The van der Waals surface area contributed by atoms with Crippen molar-refractivity contribution in [2.45, 2.75) is 44.1 Å². The van der Waals surface area contributed by atoms with E-state index in [-0.39, 0.29) is 11.7 Å². The summed E-state index contributed by atoms with van der Waals surface area (Å²) in [5.74, 6) is -0.194. The van der Waals surface area contributed by atoms with Gasteiger partial charge >= 0.3 is 0 Å². The van der Waals surface area contributed by atoms with E-state index in [1.165, 1.54) is 18.6 Å². The van der Waals surface area contributed by atoms with Crippen LogP contribution in [0.15, 0.2) is 24.3 Å². The maximum atomic E-state index is 12.8. The van der Waals surface area contributed by atoms with Crippen LogP contribution < -0.4 is 5.73 Å². The van der Waals surface area contributed by atoms with Crippen molar-refractivity contribution in [2.75, 3.05) is 13.6 Å². The first-order valence-corrected chi connectivity index (χ1v) is 7.30. The van der Waals surface area contributed by atoms with Crippen molar-refractivity contribution in [2.24, 2.45) is 5.73 Å². The Balaban J connectivity index is 1.89. The predicted octanol–water partition coefficient (Wildman–Crippen LogP) is 2.49. The molecular weight excluding hydrogens is 255 g/mol. The number of hydrogen-bond acceptors (Lipinski definition) is 2. The fourth-order valence-electron chi connectivity index (χ4n) is 2.83. The van der Waals surface area contributed by atoms with Gasteiger partial charge in [0.25, 0.3) is 0 Å². The monoisotopic (exact) mass is 278 g/mol. The number of hydrogen-bond donors (Lipinski definition) is 1. The van der Waals surface area contributed by atoms with Crippen molar-refractivity contribution < 1.29 is 9.18 Å². The molecule has 20 heavy (non-hydrogen) atoms. The first-order valence-electron chi connectivity index (χ1n) is 7.30. The Morgan fingerprint density at radius 3 is 2.45 bits per heavy atom. The van der Waals surface area contributed by atoms with Crippen LogP contribution in [0.5, 0.6) is 0 Å². The average Bonchev–Trinajstić information content (AvgIpc) is 2.46. The van der Waals surface area contributed by atoms with Crippen molar-refractivity contribution in [1.82, 2.24) is 4.90 Å². The maximum absolute atomic E-state index is 12.8. The SMILES string of the molecule is CN(CCc1ccc(F)cc1)C(=O)C1(N)CCCCC1. The van der Waals surface area contributed by atoms with Crippen LogP contribution in [0.1, 0.15) is 37.7 Å². The lowest BCUT2D eigenvalue weighted by Crippen LogP contribution is -2.55. The first-order chi connectivity index (χ1) is 9.51. The van der Waals surface area contributed by atoms with Gasteiger partial charge in [0.1, 0.15) is 5.82 Å². The lowest BCUT2D eigenvalue weighted by atomic mass is 9.81. The lowest BCUT2D eigenvalue weighted by Gasteiger charge is -2.35. The third-order valence-corrected chi connectivity index (χ3v) is 4.17. The van der Waals surface area contributed by atoms with E-state index in [1.807, 2.05) is 0 Å². The third kappa shape index (κ3) is 3.57. The number of carbonyl (C=O) groups is 1. The molecule has 0 bridgehead atoms. The molecule has 0 unspecified atom stereocenters. The van der Waals surface area contributed by atoms with Gasteiger partial charge in [-0.15, -0.1) is 0 Å². The highest BCUT2D eigenvalue weighted by molar-refractivity contribution is 5.86. The average molecular weight is 278 g/mol. The molecule has 1 aromatic carbocycles. The van der Waals surface area contributed by atoms with Crippen LogP contribution in [0.25, 0.3) is 0 Å². The Labute approximate surface area is 120 Å². The van der Waals surface area contributed by atoms with E-state index in [0.29, 0.717) is 6.54 Å². The van der Waals surface area contributed by atoms with Crippen molar-refractivity contribution in [3.05, 3.63) is 35.6 Å². The summed E-state index contributed by atoms with van der Waals surface area (Å²) in [7, 11) is 1.80. The van der Waals surface area contributed by atoms with Crippen LogP contribution in [-0.4, -0.2) is 29.9 Å². The number of rotatable bonds is 4. The fraction of sp³-hybridized carbons (Fsp3) is 0.562. The van der Waals surface area contributed by atoms with Crippen LogP contribution in [-0.2, 0) is 11.2 Å². The van der Waals surface area contributed by atoms with Crippen molar-refractivity contribution in [3.8, 4) is 0 Å². The van der Waals surface area contributed by atoms with E-state index in [0.717, 1.165) is 37.7 Å². The molecule has 1 aliphatic rings. The van der Waals surface area contributed by atoms with Crippen molar-refractivity contribution in [1.29, 1.82) is 0 Å². The van der Waals surface area contributed by atoms with E-state index in [4.69, 9.17) is 5.73 Å². The highest BCUT2D eigenvalue weighted by atomic mass is 19.1. The summed E-state index contributed by atoms with van der Waals surface area (Å²) in [6, 6.07) is 6.41. The number of carbonyl (C=O) groups excluding carboxylic acids is 1. The smallest absolute Gasteiger partial charge is 0.242 e. The molecule has 3 nitrogen and oxygen atoms in total. The van der Waals surface area contributed by atoms with Crippen molar-refractivity contribution >= 4 is 5.91 Å². The maximum Gasteiger partial charge on any atom is 0.242 e. The summed E-state index contributed by atoms with van der Waals surface area (Å²) in [5.41, 5.74) is 6.61. The van der Waals surface area contributed by atoms with Gasteiger partial charge in [0.15, 0.2) is 0 Å². The minimum absolute atomic E-state index is 0.0410. The number of benzene rings is 1. The number of likely N-dealkylation sites (N-methyl/N-ethyl adjacent to an activating group) is 1. The molecule has 1 saturated carbocycles. The topological polar surface area (TPSA) is 46.3 Å². The molecule has 2 rings (SSSR count). The zero-order chi connectivity index (χ0) is 14.6. The Bertz CT molecular complexity index is 452. The summed E-state index contributed by atoms with van der Waals surface area (Å²) < 4.78 is 12.8. The van der Waals surface area contributed by atoms with Crippen LogP contribution in [0.4, 0.5) is 4.39 Å². The molecule has 1 aliphatic carbocycles. The van der Waals surface area contributed by atoms with E-state index in [2.05, 4.69) is 0 Å². The first kappa shape index (κ1) is 15.0. The Kier molecular flexibility index (Phi) is 4.76. The van der Waals surface area contributed by atoms with Gasteiger partial charge in [-0.2, -0.15) is 0 Å². The lowest BCUT2D eigenvalue weighted by molar-refractivity contribution is -0.136. The molecule has 110 valence electrons. The minimum atomic E-state index is -0.671. The summed E-state index contributed by atoms with van der Waals surface area (Å²) in [4.78, 5) is 14.2. The van der Waals surface area contributed by atoms with Gasteiger partial charge in [-0.25, -0.2) is 4.39 Å². The Hall–Kier alpha value is -1.42. The highest BCUT2D eigenvalue weighted by Gasteiger charge is 2.36. The van der Waals surface area contributed by atoms with E-state index < -0.39 is 5.54 Å². The predicted molar refractivity (Wildman–Crippen MR) is 77.7 cm³/mol. The molecule has 0 saturated heterocycles. The molecule has 0 heterocycles. The molecule has 0 aromatic heterocycles. The quantitative estimate of drug-likeness (QED) is 0.919. The minimum Gasteiger partial charge on any atom is -0.344 e. The van der Waals surface area contributed by atoms with Gasteiger partial charge in [0.05, 0.1) is 5.54 Å². The molecule has 0 radical (unpaired) electrons. The fourth-order valence-corrected chi connectivity index (χ4v) is 2.83. The zero-order valence-corrected chi connectivity index (χ0v) is 12.1. The van der Waals surface area contributed by atoms with Crippen LogP contribution in [0, 0.1) is 5.82 Å². The van der Waals surface area contributed by atoms with Crippen LogP contribution >= 0.6 is 0 Å². The zero-order valence-electron chi connectivity index (χ0n) is 12.1. The number of nitrogens with two attached hydrogens (primary N) is 1. The normalized spacial score (nSPS) is 17.8. The van der Waals surface area contributed by atoms with Gasteiger partial charge in [0.2, 0.25) is 5.91 Å². The number of halogens is 1. The van der Waals surface area contributed by atoms with E-state index >= 15 is 0 Å². The second kappa shape index (κ2) is 6.35. The summed E-state index contributed by atoms with van der Waals surface area (Å²) in [6.07, 6.45) is 5.53. The van der Waals surface area contributed by atoms with Crippen LogP contribution in [0.3, 0.4) is 0 Å². The van der Waals surface area contributed by atoms with Crippen LogP contribution in [0.2, 0.25) is 0 Å². The molecule has 0 spiro atoms. The number of amides is 1. The molecule has 4 heteroatoms.